The third kappa shape index (κ3) is 34.0. The van der Waals surface area contributed by atoms with Gasteiger partial charge in [0.2, 0.25) is 0 Å². The van der Waals surface area contributed by atoms with Crippen molar-refractivity contribution in [3.63, 3.8) is 0 Å². The van der Waals surface area contributed by atoms with Crippen LogP contribution in [0.3, 0.4) is 0 Å². The Hall–Kier alpha value is -1.90. The average Bonchev–Trinajstić information content (AvgIpc) is 3.08. The molecule has 0 atom stereocenters. The molecule has 276 valence electrons. The van der Waals surface area contributed by atoms with E-state index in [-0.39, 0.29) is 5.60 Å². The maximum Gasteiger partial charge on any atom is 0.0862 e. The fourth-order valence-corrected chi connectivity index (χ4v) is 5.87. The first-order chi connectivity index (χ1) is 23.6. The Morgan fingerprint density at radius 3 is 1.21 bits per heavy atom. The zero-order valence-corrected chi connectivity index (χ0v) is 32.8. The minimum Gasteiger partial charge on any atom is -0.371 e. The van der Waals surface area contributed by atoms with Gasteiger partial charge in [-0.25, -0.2) is 0 Å². The standard InChI is InChI=1S/C41H68O.C5H13N/c1-3-5-7-9-11-13-15-17-19-21-23-25-27-29-31-33-37-41(39-35-36-40-42-41)38-34-32-30-28-26-24-22-20-18-16-14-12-10-8-6-4-2;1-4-5-6(2)3/h11-14,17-20,23-26,35,39H,3-10,15-16,21-22,27-34,36-38,40H2,1-2H3;4-5H2,1-3H3/b13-11-,14-12-,19-17-,20-18-,25-23-,26-24-;. The van der Waals surface area contributed by atoms with E-state index in [1.807, 2.05) is 0 Å². The Morgan fingerprint density at radius 2 is 0.896 bits per heavy atom. The highest BCUT2D eigenvalue weighted by Crippen LogP contribution is 2.31. The molecule has 2 nitrogen and oxygen atoms in total. The molecule has 0 saturated carbocycles. The summed E-state index contributed by atoms with van der Waals surface area (Å²) in [6.45, 7) is 8.81. The molecular weight excluding hydrogens is 583 g/mol. The molecular formula is C46H81NO. The van der Waals surface area contributed by atoms with Crippen molar-refractivity contribution in [3.05, 3.63) is 85.1 Å². The molecule has 0 radical (unpaired) electrons. The van der Waals surface area contributed by atoms with Gasteiger partial charge in [0.05, 0.1) is 12.2 Å². The van der Waals surface area contributed by atoms with Crippen molar-refractivity contribution in [2.45, 2.75) is 180 Å². The van der Waals surface area contributed by atoms with Crippen molar-refractivity contribution in [2.24, 2.45) is 0 Å². The molecule has 2 heteroatoms. The van der Waals surface area contributed by atoms with Gasteiger partial charge >= 0.3 is 0 Å². The topological polar surface area (TPSA) is 12.5 Å². The number of ether oxygens (including phenoxy) is 1. The third-order valence-corrected chi connectivity index (χ3v) is 8.75. The molecule has 1 rings (SSSR count). The molecule has 0 spiro atoms. The largest absolute Gasteiger partial charge is 0.371 e. The predicted octanol–water partition coefficient (Wildman–Crippen LogP) is 14.6. The summed E-state index contributed by atoms with van der Waals surface area (Å²) in [5, 5.41) is 0. The van der Waals surface area contributed by atoms with Gasteiger partial charge < -0.3 is 9.64 Å². The number of rotatable bonds is 30. The number of hydrogen-bond acceptors (Lipinski definition) is 2. The molecule has 48 heavy (non-hydrogen) atoms. The van der Waals surface area contributed by atoms with Crippen LogP contribution < -0.4 is 0 Å². The normalized spacial score (nSPS) is 15.0. The van der Waals surface area contributed by atoms with Gasteiger partial charge in [0.15, 0.2) is 0 Å². The zero-order valence-electron chi connectivity index (χ0n) is 32.8. The zero-order chi connectivity index (χ0) is 35.1. The second kappa shape index (κ2) is 37.9. The molecule has 0 amide bonds. The van der Waals surface area contributed by atoms with E-state index in [1.165, 1.54) is 129 Å². The lowest BCUT2D eigenvalue weighted by Crippen LogP contribution is -2.33. The summed E-state index contributed by atoms with van der Waals surface area (Å²) in [6, 6.07) is 0. The summed E-state index contributed by atoms with van der Waals surface area (Å²) in [5.41, 5.74) is 0.00835. The highest BCUT2D eigenvalue weighted by molar-refractivity contribution is 5.05. The van der Waals surface area contributed by atoms with Crippen LogP contribution in [0.15, 0.2) is 85.1 Å². The van der Waals surface area contributed by atoms with Crippen LogP contribution in [0.4, 0.5) is 0 Å². The van der Waals surface area contributed by atoms with Gasteiger partial charge in [0, 0.05) is 0 Å². The van der Waals surface area contributed by atoms with Gasteiger partial charge in [-0.2, -0.15) is 0 Å². The Morgan fingerprint density at radius 1 is 0.500 bits per heavy atom. The molecule has 1 heterocycles. The molecule has 0 saturated heterocycles. The lowest BCUT2D eigenvalue weighted by molar-refractivity contribution is -0.0292. The second-order valence-corrected chi connectivity index (χ2v) is 13.9. The lowest BCUT2D eigenvalue weighted by atomic mass is 9.87. The molecule has 0 bridgehead atoms. The molecule has 0 aromatic heterocycles. The van der Waals surface area contributed by atoms with E-state index in [1.54, 1.807) is 0 Å². The average molecular weight is 664 g/mol. The number of unbranched alkanes of at least 4 members (excludes halogenated alkanes) is 12. The van der Waals surface area contributed by atoms with Crippen LogP contribution in [0, 0.1) is 0 Å². The maximum atomic E-state index is 6.37. The molecule has 1 aliphatic rings. The summed E-state index contributed by atoms with van der Waals surface area (Å²) in [6.07, 6.45) is 62.2. The number of allylic oxidation sites excluding steroid dienone is 12. The Bertz CT molecular complexity index is 801. The van der Waals surface area contributed by atoms with Gasteiger partial charge in [-0.1, -0.05) is 157 Å². The minimum atomic E-state index is 0.00835. The van der Waals surface area contributed by atoms with Crippen molar-refractivity contribution in [1.29, 1.82) is 0 Å². The van der Waals surface area contributed by atoms with Crippen LogP contribution in [0.1, 0.15) is 175 Å². The van der Waals surface area contributed by atoms with Crippen molar-refractivity contribution in [1.82, 2.24) is 4.90 Å². The van der Waals surface area contributed by atoms with Crippen molar-refractivity contribution in [3.8, 4) is 0 Å². The third-order valence-electron chi connectivity index (χ3n) is 8.75. The minimum absolute atomic E-state index is 0.00835. The summed E-state index contributed by atoms with van der Waals surface area (Å²) in [4.78, 5) is 2.18. The number of hydrogen-bond donors (Lipinski definition) is 0. The first kappa shape index (κ1) is 46.1. The fourth-order valence-electron chi connectivity index (χ4n) is 5.87. The van der Waals surface area contributed by atoms with Crippen LogP contribution in [0.25, 0.3) is 0 Å². The molecule has 0 fully saturated rings. The molecule has 0 aromatic carbocycles. The molecule has 0 unspecified atom stereocenters. The second-order valence-electron chi connectivity index (χ2n) is 13.9. The molecule has 0 N–H and O–H groups in total. The van der Waals surface area contributed by atoms with Crippen molar-refractivity contribution >= 4 is 0 Å². The van der Waals surface area contributed by atoms with Crippen LogP contribution >= 0.6 is 0 Å². The van der Waals surface area contributed by atoms with Crippen LogP contribution in [0.2, 0.25) is 0 Å². The Balaban J connectivity index is 0.00000335. The van der Waals surface area contributed by atoms with E-state index in [4.69, 9.17) is 4.74 Å². The summed E-state index contributed by atoms with van der Waals surface area (Å²) >= 11 is 0. The maximum absolute atomic E-state index is 6.37. The highest BCUT2D eigenvalue weighted by atomic mass is 16.5. The summed E-state index contributed by atoms with van der Waals surface area (Å²) < 4.78 is 6.37. The van der Waals surface area contributed by atoms with E-state index in [0.29, 0.717) is 0 Å². The van der Waals surface area contributed by atoms with Gasteiger partial charge in [0.1, 0.15) is 0 Å². The number of nitrogens with zero attached hydrogens (tertiary/aromatic N) is 1. The Labute approximate surface area is 301 Å². The van der Waals surface area contributed by atoms with Crippen molar-refractivity contribution < 1.29 is 4.74 Å². The van der Waals surface area contributed by atoms with Crippen molar-refractivity contribution in [2.75, 3.05) is 27.2 Å². The smallest absolute Gasteiger partial charge is 0.0862 e. The first-order valence-electron chi connectivity index (χ1n) is 20.5. The van der Waals surface area contributed by atoms with Crippen LogP contribution in [-0.4, -0.2) is 37.7 Å². The van der Waals surface area contributed by atoms with Gasteiger partial charge in [-0.15, -0.1) is 0 Å². The summed E-state index contributed by atoms with van der Waals surface area (Å²) in [5.74, 6) is 0. The fraction of sp³-hybridized carbons (Fsp3) is 0.696. The Kier molecular flexibility index (Phi) is 36.4. The summed E-state index contributed by atoms with van der Waals surface area (Å²) in [7, 11) is 4.17. The van der Waals surface area contributed by atoms with Gasteiger partial charge in [-0.3, -0.25) is 0 Å². The first-order valence-corrected chi connectivity index (χ1v) is 20.5. The van der Waals surface area contributed by atoms with Gasteiger partial charge in [0.25, 0.3) is 0 Å². The quantitative estimate of drug-likeness (QED) is 0.0560. The van der Waals surface area contributed by atoms with Gasteiger partial charge in [-0.05, 0) is 123 Å². The van der Waals surface area contributed by atoms with E-state index in [9.17, 15) is 0 Å². The SMILES string of the molecule is CCCCC/C=C\C/C=C\C/C=C\CCCCCC1(CCCCC/C=C\C/C=C\C/C=C\CCCCC)C=CCCO1.CCCN(C)C. The van der Waals surface area contributed by atoms with E-state index in [0.717, 1.165) is 38.7 Å². The van der Waals surface area contributed by atoms with E-state index in [2.05, 4.69) is 125 Å². The highest BCUT2D eigenvalue weighted by Gasteiger charge is 2.28. The monoisotopic (exact) mass is 664 g/mol. The molecule has 1 aliphatic heterocycles. The van der Waals surface area contributed by atoms with E-state index < -0.39 is 0 Å². The molecule has 0 aliphatic carbocycles. The van der Waals surface area contributed by atoms with Crippen LogP contribution in [0.5, 0.6) is 0 Å². The molecule has 0 aromatic rings. The van der Waals surface area contributed by atoms with Crippen LogP contribution in [-0.2, 0) is 4.74 Å². The van der Waals surface area contributed by atoms with E-state index >= 15 is 0 Å². The lowest BCUT2D eigenvalue weighted by Gasteiger charge is -2.34. The predicted molar refractivity (Wildman–Crippen MR) is 219 cm³/mol.